The minimum absolute atomic E-state index is 0.0737. The van der Waals surface area contributed by atoms with Crippen molar-refractivity contribution in [1.82, 2.24) is 10.2 Å². The van der Waals surface area contributed by atoms with Crippen molar-refractivity contribution in [2.24, 2.45) is 0 Å². The van der Waals surface area contributed by atoms with Crippen molar-refractivity contribution in [3.05, 3.63) is 23.8 Å². The van der Waals surface area contributed by atoms with Crippen molar-refractivity contribution >= 4 is 17.5 Å². The van der Waals surface area contributed by atoms with Crippen LogP contribution in [0.1, 0.15) is 55.3 Å². The first-order valence-corrected chi connectivity index (χ1v) is 10.2. The number of likely N-dealkylation sites (N-methyl/N-ethyl adjacent to an activating group) is 1. The molecule has 1 aromatic carbocycles. The fourth-order valence-corrected chi connectivity index (χ4v) is 4.44. The van der Waals surface area contributed by atoms with Crippen LogP contribution in [0.25, 0.3) is 0 Å². The van der Waals surface area contributed by atoms with E-state index < -0.39 is 0 Å². The minimum Gasteiger partial charge on any atom is -0.486 e. The zero-order valence-electron chi connectivity index (χ0n) is 16.1. The van der Waals surface area contributed by atoms with Crippen molar-refractivity contribution in [2.75, 3.05) is 31.6 Å². The molecule has 1 aliphatic carbocycles. The van der Waals surface area contributed by atoms with Crippen LogP contribution in [0.15, 0.2) is 18.2 Å². The molecule has 1 N–H and O–H groups in total. The van der Waals surface area contributed by atoms with Crippen molar-refractivity contribution in [3.8, 4) is 5.75 Å². The molecule has 1 unspecified atom stereocenters. The van der Waals surface area contributed by atoms with E-state index in [2.05, 4.69) is 10.2 Å². The minimum atomic E-state index is -0.163. The van der Waals surface area contributed by atoms with E-state index in [4.69, 9.17) is 4.74 Å². The van der Waals surface area contributed by atoms with Gasteiger partial charge in [-0.2, -0.15) is 0 Å². The Bertz CT molecular complexity index is 709. The van der Waals surface area contributed by atoms with Gasteiger partial charge in [0.05, 0.1) is 18.7 Å². The molecular weight excluding hydrogens is 342 g/mol. The first-order chi connectivity index (χ1) is 13.1. The summed E-state index contributed by atoms with van der Waals surface area (Å²) in [5, 5.41) is 3.13. The third kappa shape index (κ3) is 4.04. The lowest BCUT2D eigenvalue weighted by Crippen LogP contribution is -2.42. The molecule has 2 amide bonds. The van der Waals surface area contributed by atoms with Gasteiger partial charge in [0.2, 0.25) is 5.91 Å². The molecule has 6 heteroatoms. The summed E-state index contributed by atoms with van der Waals surface area (Å²) < 4.78 is 6.07. The second-order valence-corrected chi connectivity index (χ2v) is 8.06. The fourth-order valence-electron chi connectivity index (χ4n) is 4.44. The normalized spacial score (nSPS) is 22.5. The summed E-state index contributed by atoms with van der Waals surface area (Å²) >= 11 is 0. The van der Waals surface area contributed by atoms with E-state index in [1.54, 1.807) is 0 Å². The smallest absolute Gasteiger partial charge is 0.253 e. The SMILES string of the molecule is CN1CC(CC(=O)NC2CCCC2)Oc2ccc(C(=O)N3CCCC3)cc21. The van der Waals surface area contributed by atoms with Gasteiger partial charge in [0.1, 0.15) is 11.9 Å². The van der Waals surface area contributed by atoms with E-state index in [0.717, 1.165) is 50.2 Å². The summed E-state index contributed by atoms with van der Waals surface area (Å²) in [6.45, 7) is 2.34. The Morgan fingerprint density at radius 1 is 1.15 bits per heavy atom. The molecule has 2 aliphatic heterocycles. The number of likely N-dealkylation sites (tertiary alicyclic amines) is 1. The van der Waals surface area contributed by atoms with Crippen molar-refractivity contribution in [1.29, 1.82) is 0 Å². The highest BCUT2D eigenvalue weighted by atomic mass is 16.5. The Hall–Kier alpha value is -2.24. The Labute approximate surface area is 160 Å². The maximum absolute atomic E-state index is 12.6. The molecule has 6 nitrogen and oxygen atoms in total. The second-order valence-electron chi connectivity index (χ2n) is 8.06. The molecule has 27 heavy (non-hydrogen) atoms. The molecule has 0 radical (unpaired) electrons. The van der Waals surface area contributed by atoms with Gasteiger partial charge in [0.25, 0.3) is 5.91 Å². The molecule has 0 spiro atoms. The zero-order valence-corrected chi connectivity index (χ0v) is 16.1. The Morgan fingerprint density at radius 3 is 2.63 bits per heavy atom. The molecule has 1 saturated carbocycles. The number of hydrogen-bond acceptors (Lipinski definition) is 4. The van der Waals surface area contributed by atoms with Crippen LogP contribution in [-0.4, -0.2) is 55.5 Å². The van der Waals surface area contributed by atoms with Crippen LogP contribution >= 0.6 is 0 Å². The number of carbonyl (C=O) groups excluding carboxylic acids is 2. The number of fused-ring (bicyclic) bond motifs is 1. The van der Waals surface area contributed by atoms with Crippen LogP contribution in [-0.2, 0) is 4.79 Å². The van der Waals surface area contributed by atoms with Gasteiger partial charge in [0, 0.05) is 31.7 Å². The largest absolute Gasteiger partial charge is 0.486 e. The highest BCUT2D eigenvalue weighted by Crippen LogP contribution is 2.34. The average molecular weight is 371 g/mol. The van der Waals surface area contributed by atoms with Crippen LogP contribution in [0.3, 0.4) is 0 Å². The molecule has 2 fully saturated rings. The average Bonchev–Trinajstić information content (AvgIpc) is 3.34. The quantitative estimate of drug-likeness (QED) is 0.884. The summed E-state index contributed by atoms with van der Waals surface area (Å²) in [7, 11) is 1.99. The highest BCUT2D eigenvalue weighted by Gasteiger charge is 2.28. The van der Waals surface area contributed by atoms with Crippen LogP contribution in [0.2, 0.25) is 0 Å². The zero-order chi connectivity index (χ0) is 18.8. The molecule has 3 aliphatic rings. The second kappa shape index (κ2) is 7.79. The van der Waals surface area contributed by atoms with Crippen LogP contribution in [0.5, 0.6) is 5.75 Å². The molecule has 2 heterocycles. The van der Waals surface area contributed by atoms with E-state index in [1.165, 1.54) is 12.8 Å². The van der Waals surface area contributed by atoms with E-state index in [0.29, 0.717) is 24.6 Å². The van der Waals surface area contributed by atoms with E-state index in [1.807, 2.05) is 30.1 Å². The number of rotatable bonds is 4. The molecule has 4 rings (SSSR count). The lowest BCUT2D eigenvalue weighted by Gasteiger charge is -2.34. The van der Waals surface area contributed by atoms with Gasteiger partial charge in [0.15, 0.2) is 0 Å². The summed E-state index contributed by atoms with van der Waals surface area (Å²) in [6.07, 6.45) is 6.98. The molecule has 1 saturated heterocycles. The maximum atomic E-state index is 12.6. The maximum Gasteiger partial charge on any atom is 0.253 e. The highest BCUT2D eigenvalue weighted by molar-refractivity contribution is 5.96. The molecule has 0 aromatic heterocycles. The summed E-state index contributed by atoms with van der Waals surface area (Å²) in [5.74, 6) is 0.923. The van der Waals surface area contributed by atoms with Crippen LogP contribution in [0.4, 0.5) is 5.69 Å². The Morgan fingerprint density at radius 2 is 1.89 bits per heavy atom. The van der Waals surface area contributed by atoms with Gasteiger partial charge in [-0.25, -0.2) is 0 Å². The van der Waals surface area contributed by atoms with Gasteiger partial charge in [-0.15, -0.1) is 0 Å². The predicted octanol–water partition coefficient (Wildman–Crippen LogP) is 2.57. The third-order valence-electron chi connectivity index (χ3n) is 5.91. The lowest BCUT2D eigenvalue weighted by molar-refractivity contribution is -0.123. The first kappa shape index (κ1) is 18.1. The lowest BCUT2D eigenvalue weighted by atomic mass is 10.1. The molecule has 146 valence electrons. The van der Waals surface area contributed by atoms with Gasteiger partial charge < -0.3 is 19.9 Å². The van der Waals surface area contributed by atoms with Gasteiger partial charge >= 0.3 is 0 Å². The summed E-state index contributed by atoms with van der Waals surface area (Å²) in [4.78, 5) is 29.0. The third-order valence-corrected chi connectivity index (χ3v) is 5.91. The number of ether oxygens (including phenoxy) is 1. The Balaban J connectivity index is 1.40. The topological polar surface area (TPSA) is 61.9 Å². The number of benzene rings is 1. The number of nitrogens with one attached hydrogen (secondary N) is 1. The summed E-state index contributed by atoms with van der Waals surface area (Å²) in [6, 6.07) is 5.97. The Kier molecular flexibility index (Phi) is 5.23. The van der Waals surface area contributed by atoms with Crippen molar-refractivity contribution in [2.45, 2.75) is 57.1 Å². The fraction of sp³-hybridized carbons (Fsp3) is 0.619. The number of nitrogens with zero attached hydrogens (tertiary/aromatic N) is 2. The van der Waals surface area contributed by atoms with E-state index in [-0.39, 0.29) is 17.9 Å². The van der Waals surface area contributed by atoms with Crippen LogP contribution in [0, 0.1) is 0 Å². The number of anilines is 1. The molecule has 1 aromatic rings. The summed E-state index contributed by atoms with van der Waals surface area (Å²) in [5.41, 5.74) is 1.64. The standard InChI is InChI=1S/C21H29N3O3/c1-23-14-17(13-20(25)22-16-6-2-3-7-16)27-19-9-8-15(12-18(19)23)21(26)24-10-4-5-11-24/h8-9,12,16-17H,2-7,10-11,13-14H2,1H3,(H,22,25). The van der Waals surface area contributed by atoms with Gasteiger partial charge in [-0.1, -0.05) is 12.8 Å². The van der Waals surface area contributed by atoms with Gasteiger partial charge in [-0.3, -0.25) is 9.59 Å². The molecule has 1 atom stereocenters. The predicted molar refractivity (Wildman–Crippen MR) is 104 cm³/mol. The van der Waals surface area contributed by atoms with Crippen molar-refractivity contribution in [3.63, 3.8) is 0 Å². The number of amides is 2. The van der Waals surface area contributed by atoms with E-state index >= 15 is 0 Å². The van der Waals surface area contributed by atoms with Crippen molar-refractivity contribution < 1.29 is 14.3 Å². The monoisotopic (exact) mass is 371 g/mol. The number of carbonyl (C=O) groups is 2. The van der Waals surface area contributed by atoms with E-state index in [9.17, 15) is 9.59 Å². The molecular formula is C21H29N3O3. The van der Waals surface area contributed by atoms with Crippen LogP contribution < -0.4 is 15.0 Å². The first-order valence-electron chi connectivity index (χ1n) is 10.2. The van der Waals surface area contributed by atoms with Gasteiger partial charge in [-0.05, 0) is 43.9 Å². The molecule has 0 bridgehead atoms. The number of hydrogen-bond donors (Lipinski definition) is 1.